The van der Waals surface area contributed by atoms with E-state index < -0.39 is 0 Å². The number of rotatable bonds is 2. The van der Waals surface area contributed by atoms with Crippen molar-refractivity contribution in [2.24, 2.45) is 11.8 Å². The molecule has 0 aromatic heterocycles. The van der Waals surface area contributed by atoms with Crippen LogP contribution in [0, 0.1) is 11.8 Å². The molecule has 0 aromatic carbocycles. The van der Waals surface area contributed by atoms with Crippen molar-refractivity contribution in [3.05, 3.63) is 0 Å². The fourth-order valence-electron chi connectivity index (χ4n) is 2.85. The lowest BCUT2D eigenvalue weighted by Crippen LogP contribution is -2.40. The summed E-state index contributed by atoms with van der Waals surface area (Å²) in [5.41, 5.74) is 0. The lowest BCUT2D eigenvalue weighted by Gasteiger charge is -2.36. The monoisotopic (exact) mass is 240 g/mol. The second-order valence-electron chi connectivity index (χ2n) is 5.73. The molecule has 17 heavy (non-hydrogen) atoms. The van der Waals surface area contributed by atoms with Gasteiger partial charge in [0.15, 0.2) is 0 Å². The minimum Gasteiger partial charge on any atom is -0.306 e. The summed E-state index contributed by atoms with van der Waals surface area (Å²) in [5, 5.41) is 0. The molecular formula is C15H32N2. The van der Waals surface area contributed by atoms with Gasteiger partial charge < -0.3 is 9.80 Å². The lowest BCUT2D eigenvalue weighted by atomic mass is 9.94. The normalized spacial score (nSPS) is 25.4. The first kappa shape index (κ1) is 15.0. The number of nitrogens with zero attached hydrogens (tertiary/aromatic N) is 2. The van der Waals surface area contributed by atoms with Crippen LogP contribution in [0.25, 0.3) is 0 Å². The Morgan fingerprint density at radius 3 is 1.94 bits per heavy atom. The van der Waals surface area contributed by atoms with Crippen LogP contribution >= 0.6 is 0 Å². The van der Waals surface area contributed by atoms with E-state index in [-0.39, 0.29) is 0 Å². The summed E-state index contributed by atoms with van der Waals surface area (Å²) in [7, 11) is 2.25. The summed E-state index contributed by atoms with van der Waals surface area (Å²) in [6.07, 6.45) is 5.68. The van der Waals surface area contributed by atoms with Gasteiger partial charge in [0, 0.05) is 6.54 Å². The molecule has 0 amide bonds. The largest absolute Gasteiger partial charge is 0.306 e. The van der Waals surface area contributed by atoms with Crippen LogP contribution in [0.4, 0.5) is 0 Å². The van der Waals surface area contributed by atoms with E-state index in [1.54, 1.807) is 0 Å². The van der Waals surface area contributed by atoms with Gasteiger partial charge in [-0.2, -0.15) is 0 Å². The van der Waals surface area contributed by atoms with E-state index >= 15 is 0 Å². The van der Waals surface area contributed by atoms with Crippen molar-refractivity contribution in [3.8, 4) is 0 Å². The minimum absolute atomic E-state index is 0.971. The molecule has 102 valence electrons. The predicted octanol–water partition coefficient (Wildman–Crippen LogP) is 3.09. The average molecular weight is 240 g/mol. The van der Waals surface area contributed by atoms with E-state index in [9.17, 15) is 0 Å². The molecule has 0 aliphatic carbocycles. The molecule has 0 saturated carbocycles. The quantitative estimate of drug-likeness (QED) is 0.732. The first-order chi connectivity index (χ1) is 8.24. The van der Waals surface area contributed by atoms with Crippen LogP contribution in [-0.4, -0.2) is 49.6 Å². The van der Waals surface area contributed by atoms with Gasteiger partial charge in [-0.15, -0.1) is 0 Å². The SMILES string of the molecule is CC.CC1CCN(CC2CCN(C)CC2)CC1. The standard InChI is InChI=1S/C13H26N2.C2H6/c1-12-3-9-15(10-4-12)11-13-5-7-14(2)8-6-13;1-2/h12-13H,3-11H2,1-2H3;1-2H3. The third-order valence-corrected chi connectivity index (χ3v) is 4.23. The maximum absolute atomic E-state index is 2.70. The third kappa shape index (κ3) is 5.39. The average Bonchev–Trinajstić information content (AvgIpc) is 2.37. The van der Waals surface area contributed by atoms with E-state index in [0.717, 1.165) is 11.8 Å². The van der Waals surface area contributed by atoms with Crippen LogP contribution in [0.5, 0.6) is 0 Å². The Balaban J connectivity index is 0.000000686. The van der Waals surface area contributed by atoms with Gasteiger partial charge in [-0.3, -0.25) is 0 Å². The van der Waals surface area contributed by atoms with Crippen LogP contribution in [0.2, 0.25) is 0 Å². The molecule has 2 heteroatoms. The molecule has 0 unspecified atom stereocenters. The Morgan fingerprint density at radius 1 is 0.882 bits per heavy atom. The highest BCUT2D eigenvalue weighted by Crippen LogP contribution is 2.21. The molecule has 0 N–H and O–H groups in total. The first-order valence-corrected chi connectivity index (χ1v) is 7.65. The van der Waals surface area contributed by atoms with Crippen molar-refractivity contribution in [1.82, 2.24) is 9.80 Å². The van der Waals surface area contributed by atoms with Gasteiger partial charge in [-0.25, -0.2) is 0 Å². The van der Waals surface area contributed by atoms with Crippen LogP contribution < -0.4 is 0 Å². The number of hydrogen-bond donors (Lipinski definition) is 0. The highest BCUT2D eigenvalue weighted by Gasteiger charge is 2.21. The van der Waals surface area contributed by atoms with Gasteiger partial charge in [-0.05, 0) is 70.7 Å². The maximum Gasteiger partial charge on any atom is 0.00106 e. The van der Waals surface area contributed by atoms with Crippen LogP contribution in [0.15, 0.2) is 0 Å². The van der Waals surface area contributed by atoms with Gasteiger partial charge in [-0.1, -0.05) is 20.8 Å². The molecule has 2 rings (SSSR count). The van der Waals surface area contributed by atoms with Gasteiger partial charge in [0.1, 0.15) is 0 Å². The molecule has 2 aliphatic heterocycles. The molecule has 0 atom stereocenters. The van der Waals surface area contributed by atoms with Gasteiger partial charge in [0.2, 0.25) is 0 Å². The predicted molar refractivity (Wildman–Crippen MR) is 76.4 cm³/mol. The first-order valence-electron chi connectivity index (χ1n) is 7.65. The lowest BCUT2D eigenvalue weighted by molar-refractivity contribution is 0.130. The molecule has 2 nitrogen and oxygen atoms in total. The van der Waals surface area contributed by atoms with Gasteiger partial charge in [0.25, 0.3) is 0 Å². The Kier molecular flexibility index (Phi) is 7.14. The zero-order valence-electron chi connectivity index (χ0n) is 12.4. The van der Waals surface area contributed by atoms with E-state index in [1.807, 2.05) is 13.8 Å². The molecule has 2 heterocycles. The van der Waals surface area contributed by atoms with Crippen molar-refractivity contribution in [1.29, 1.82) is 0 Å². The Hall–Kier alpha value is -0.0800. The Bertz CT molecular complexity index is 157. The van der Waals surface area contributed by atoms with Crippen LogP contribution in [-0.2, 0) is 0 Å². The summed E-state index contributed by atoms with van der Waals surface area (Å²) < 4.78 is 0. The Labute approximate surface area is 108 Å². The zero-order chi connectivity index (χ0) is 12.7. The van der Waals surface area contributed by atoms with Crippen LogP contribution in [0.3, 0.4) is 0 Å². The highest BCUT2D eigenvalue weighted by molar-refractivity contribution is 4.76. The van der Waals surface area contributed by atoms with E-state index in [0.29, 0.717) is 0 Å². The summed E-state index contributed by atoms with van der Waals surface area (Å²) in [4.78, 5) is 5.17. The third-order valence-electron chi connectivity index (χ3n) is 4.23. The second kappa shape index (κ2) is 8.10. The van der Waals surface area contributed by atoms with E-state index in [4.69, 9.17) is 0 Å². The summed E-state index contributed by atoms with van der Waals surface area (Å²) in [5.74, 6) is 1.95. The second-order valence-corrected chi connectivity index (χ2v) is 5.73. The number of hydrogen-bond acceptors (Lipinski definition) is 2. The summed E-state index contributed by atoms with van der Waals surface area (Å²) >= 11 is 0. The smallest absolute Gasteiger partial charge is 0.00106 e. The molecule has 0 spiro atoms. The molecule has 2 aliphatic rings. The van der Waals surface area contributed by atoms with Crippen molar-refractivity contribution in [2.75, 3.05) is 39.8 Å². The van der Waals surface area contributed by atoms with Crippen molar-refractivity contribution < 1.29 is 0 Å². The van der Waals surface area contributed by atoms with Crippen molar-refractivity contribution in [2.45, 2.75) is 46.5 Å². The van der Waals surface area contributed by atoms with Gasteiger partial charge >= 0.3 is 0 Å². The molecular weight excluding hydrogens is 208 g/mol. The fraction of sp³-hybridized carbons (Fsp3) is 1.00. The molecule has 2 fully saturated rings. The molecule has 0 aromatic rings. The topological polar surface area (TPSA) is 6.48 Å². The molecule has 0 radical (unpaired) electrons. The minimum atomic E-state index is 0.971. The van der Waals surface area contributed by atoms with Gasteiger partial charge in [0.05, 0.1) is 0 Å². The number of piperidine rings is 2. The van der Waals surface area contributed by atoms with E-state index in [2.05, 4.69) is 23.8 Å². The van der Waals surface area contributed by atoms with Crippen molar-refractivity contribution in [3.63, 3.8) is 0 Å². The fourth-order valence-corrected chi connectivity index (χ4v) is 2.85. The number of likely N-dealkylation sites (tertiary alicyclic amines) is 2. The highest BCUT2D eigenvalue weighted by atomic mass is 15.1. The van der Waals surface area contributed by atoms with Crippen LogP contribution in [0.1, 0.15) is 46.5 Å². The Morgan fingerprint density at radius 2 is 1.41 bits per heavy atom. The van der Waals surface area contributed by atoms with Crippen molar-refractivity contribution >= 4 is 0 Å². The van der Waals surface area contributed by atoms with E-state index in [1.165, 1.54) is 58.4 Å². The summed E-state index contributed by atoms with van der Waals surface area (Å²) in [6.45, 7) is 13.1. The summed E-state index contributed by atoms with van der Waals surface area (Å²) in [6, 6.07) is 0. The molecule has 2 saturated heterocycles. The zero-order valence-corrected chi connectivity index (χ0v) is 12.4. The molecule has 0 bridgehead atoms. The maximum atomic E-state index is 2.70.